The van der Waals surface area contributed by atoms with Gasteiger partial charge >= 0.3 is 0 Å². The van der Waals surface area contributed by atoms with Crippen molar-refractivity contribution in [2.75, 3.05) is 13.7 Å². The van der Waals surface area contributed by atoms with E-state index in [4.69, 9.17) is 4.74 Å². The Kier molecular flexibility index (Phi) is 3.44. The van der Waals surface area contributed by atoms with Crippen molar-refractivity contribution in [1.29, 1.82) is 0 Å². The molecule has 0 aromatic heterocycles. The first kappa shape index (κ1) is 11.0. The van der Waals surface area contributed by atoms with Crippen LogP contribution in [0.25, 0.3) is 0 Å². The van der Waals surface area contributed by atoms with Gasteiger partial charge in [0, 0.05) is 13.1 Å². The number of hydrogen-bond acceptors (Lipinski definition) is 2. The highest BCUT2D eigenvalue weighted by molar-refractivity contribution is 5.47. The summed E-state index contributed by atoms with van der Waals surface area (Å²) in [6.07, 6.45) is 3.47. The van der Waals surface area contributed by atoms with Crippen molar-refractivity contribution < 1.29 is 9.53 Å². The number of hydrogen-bond donors (Lipinski definition) is 0. The number of carbonyl (C=O) groups excluding carboxylic acids is 1. The van der Waals surface area contributed by atoms with Gasteiger partial charge in [0.25, 0.3) is 0 Å². The highest BCUT2D eigenvalue weighted by atomic mass is 16.5. The van der Waals surface area contributed by atoms with E-state index in [1.165, 1.54) is 12.8 Å². The van der Waals surface area contributed by atoms with Gasteiger partial charge in [-0.25, -0.2) is 0 Å². The van der Waals surface area contributed by atoms with Gasteiger partial charge in [-0.3, -0.25) is 4.79 Å². The molecule has 0 saturated heterocycles. The average Bonchev–Trinajstić information content (AvgIpc) is 3.12. The molecule has 3 heteroatoms. The fraction of sp³-hybridized carbons (Fsp3) is 0.462. The van der Waals surface area contributed by atoms with Crippen LogP contribution in [-0.4, -0.2) is 25.0 Å². The topological polar surface area (TPSA) is 29.5 Å². The molecule has 1 aliphatic rings. The third kappa shape index (κ3) is 2.99. The zero-order valence-corrected chi connectivity index (χ0v) is 9.56. The number of rotatable bonds is 6. The highest BCUT2D eigenvalue weighted by Crippen LogP contribution is 2.29. The van der Waals surface area contributed by atoms with Gasteiger partial charge in [-0.15, -0.1) is 0 Å². The van der Waals surface area contributed by atoms with Gasteiger partial charge < -0.3 is 9.64 Å². The number of benzene rings is 1. The van der Waals surface area contributed by atoms with E-state index in [1.54, 1.807) is 7.11 Å². The van der Waals surface area contributed by atoms with E-state index in [0.717, 1.165) is 30.2 Å². The summed E-state index contributed by atoms with van der Waals surface area (Å²) >= 11 is 0. The molecule has 1 amide bonds. The van der Waals surface area contributed by atoms with Crippen LogP contribution in [0.3, 0.4) is 0 Å². The standard InChI is InChI=1S/C13H17NO2/c1-16-13-4-2-3-12(7-13)9-14(10-15)8-11-5-6-11/h2-4,7,10-11H,5-6,8-9H2,1H3. The molecule has 16 heavy (non-hydrogen) atoms. The number of amides is 1. The molecule has 1 aliphatic carbocycles. The van der Waals surface area contributed by atoms with Crippen molar-refractivity contribution in [2.45, 2.75) is 19.4 Å². The second-order valence-corrected chi connectivity index (χ2v) is 4.33. The Labute approximate surface area is 96.0 Å². The molecule has 1 saturated carbocycles. The fourth-order valence-corrected chi connectivity index (χ4v) is 1.78. The Morgan fingerprint density at radius 3 is 2.94 bits per heavy atom. The lowest BCUT2D eigenvalue weighted by Crippen LogP contribution is -2.23. The quantitative estimate of drug-likeness (QED) is 0.685. The molecule has 1 aromatic carbocycles. The molecule has 0 unspecified atom stereocenters. The van der Waals surface area contributed by atoms with E-state index in [9.17, 15) is 4.79 Å². The van der Waals surface area contributed by atoms with Crippen LogP contribution in [0, 0.1) is 5.92 Å². The van der Waals surface area contributed by atoms with Crippen LogP contribution < -0.4 is 4.74 Å². The molecule has 3 nitrogen and oxygen atoms in total. The molecule has 0 bridgehead atoms. The second-order valence-electron chi connectivity index (χ2n) is 4.33. The largest absolute Gasteiger partial charge is 0.497 e. The lowest BCUT2D eigenvalue weighted by atomic mass is 10.2. The van der Waals surface area contributed by atoms with Gasteiger partial charge in [0.1, 0.15) is 5.75 Å². The first-order valence-electron chi connectivity index (χ1n) is 5.64. The molecule has 1 aromatic rings. The Hall–Kier alpha value is -1.51. The smallest absolute Gasteiger partial charge is 0.210 e. The van der Waals surface area contributed by atoms with Crippen LogP contribution in [0.15, 0.2) is 24.3 Å². The van der Waals surface area contributed by atoms with Crippen LogP contribution in [-0.2, 0) is 11.3 Å². The molecule has 0 N–H and O–H groups in total. The van der Waals surface area contributed by atoms with Crippen molar-refractivity contribution in [3.05, 3.63) is 29.8 Å². The third-order valence-corrected chi connectivity index (χ3v) is 2.86. The van der Waals surface area contributed by atoms with Crippen molar-refractivity contribution in [3.63, 3.8) is 0 Å². The number of ether oxygens (including phenoxy) is 1. The summed E-state index contributed by atoms with van der Waals surface area (Å²) in [5.41, 5.74) is 1.12. The third-order valence-electron chi connectivity index (χ3n) is 2.86. The molecule has 2 rings (SSSR count). The van der Waals surface area contributed by atoms with E-state index < -0.39 is 0 Å². The van der Waals surface area contributed by atoms with E-state index in [0.29, 0.717) is 6.54 Å². The second kappa shape index (κ2) is 5.01. The maximum atomic E-state index is 10.9. The molecular formula is C13H17NO2. The average molecular weight is 219 g/mol. The SMILES string of the molecule is COc1cccc(CN(C=O)CC2CC2)c1. The van der Waals surface area contributed by atoms with Gasteiger partial charge in [0.15, 0.2) is 0 Å². The van der Waals surface area contributed by atoms with Crippen molar-refractivity contribution in [1.82, 2.24) is 4.90 Å². The number of methoxy groups -OCH3 is 1. The molecule has 86 valence electrons. The lowest BCUT2D eigenvalue weighted by Gasteiger charge is -2.17. The number of carbonyl (C=O) groups is 1. The van der Waals surface area contributed by atoms with Crippen LogP contribution in [0.4, 0.5) is 0 Å². The number of nitrogens with zero attached hydrogens (tertiary/aromatic N) is 1. The lowest BCUT2D eigenvalue weighted by molar-refractivity contribution is -0.118. The maximum Gasteiger partial charge on any atom is 0.210 e. The van der Waals surface area contributed by atoms with Crippen LogP contribution in [0.5, 0.6) is 5.75 Å². The molecule has 0 spiro atoms. The highest BCUT2D eigenvalue weighted by Gasteiger charge is 2.23. The Morgan fingerprint density at radius 2 is 2.31 bits per heavy atom. The summed E-state index contributed by atoms with van der Waals surface area (Å²) in [6, 6.07) is 7.86. The fourth-order valence-electron chi connectivity index (χ4n) is 1.78. The summed E-state index contributed by atoms with van der Waals surface area (Å²) in [7, 11) is 1.65. The normalized spacial score (nSPS) is 14.6. The summed E-state index contributed by atoms with van der Waals surface area (Å²) < 4.78 is 5.16. The minimum Gasteiger partial charge on any atom is -0.497 e. The van der Waals surface area contributed by atoms with Crippen LogP contribution in [0.2, 0.25) is 0 Å². The van der Waals surface area contributed by atoms with Crippen molar-refractivity contribution in [3.8, 4) is 5.75 Å². The van der Waals surface area contributed by atoms with Crippen LogP contribution in [0.1, 0.15) is 18.4 Å². The van der Waals surface area contributed by atoms with Crippen LogP contribution >= 0.6 is 0 Å². The predicted molar refractivity (Wildman–Crippen MR) is 62.2 cm³/mol. The summed E-state index contributed by atoms with van der Waals surface area (Å²) in [6.45, 7) is 1.57. The molecule has 0 radical (unpaired) electrons. The van der Waals surface area contributed by atoms with Gasteiger partial charge in [-0.1, -0.05) is 12.1 Å². The summed E-state index contributed by atoms with van der Waals surface area (Å²) in [4.78, 5) is 12.8. The molecule has 0 atom stereocenters. The Balaban J connectivity index is 1.96. The molecule has 0 heterocycles. The van der Waals surface area contributed by atoms with E-state index in [1.807, 2.05) is 29.2 Å². The van der Waals surface area contributed by atoms with Crippen molar-refractivity contribution >= 4 is 6.41 Å². The predicted octanol–water partition coefficient (Wildman–Crippen LogP) is 2.06. The molecule has 1 fully saturated rings. The van der Waals surface area contributed by atoms with Gasteiger partial charge in [0.05, 0.1) is 7.11 Å². The molecule has 0 aliphatic heterocycles. The minimum absolute atomic E-state index is 0.678. The monoisotopic (exact) mass is 219 g/mol. The Morgan fingerprint density at radius 1 is 1.50 bits per heavy atom. The Bertz CT molecular complexity index is 361. The zero-order chi connectivity index (χ0) is 11.4. The van der Waals surface area contributed by atoms with Gasteiger partial charge in [0.2, 0.25) is 6.41 Å². The van der Waals surface area contributed by atoms with E-state index in [2.05, 4.69) is 0 Å². The first-order valence-corrected chi connectivity index (χ1v) is 5.64. The van der Waals surface area contributed by atoms with Gasteiger partial charge in [-0.05, 0) is 36.5 Å². The summed E-state index contributed by atoms with van der Waals surface area (Å²) in [5.74, 6) is 1.57. The van der Waals surface area contributed by atoms with Crippen molar-refractivity contribution in [2.24, 2.45) is 5.92 Å². The summed E-state index contributed by atoms with van der Waals surface area (Å²) in [5, 5.41) is 0. The minimum atomic E-state index is 0.678. The maximum absolute atomic E-state index is 10.9. The first-order chi connectivity index (χ1) is 7.81. The molecular weight excluding hydrogens is 202 g/mol. The zero-order valence-electron chi connectivity index (χ0n) is 9.56. The van der Waals surface area contributed by atoms with E-state index >= 15 is 0 Å². The van der Waals surface area contributed by atoms with Gasteiger partial charge in [-0.2, -0.15) is 0 Å². The van der Waals surface area contributed by atoms with E-state index in [-0.39, 0.29) is 0 Å².